The predicted molar refractivity (Wildman–Crippen MR) is 114 cm³/mol. The normalized spacial score (nSPS) is 22.7. The van der Waals surface area contributed by atoms with Gasteiger partial charge in [0.05, 0.1) is 25.3 Å². The summed E-state index contributed by atoms with van der Waals surface area (Å²) in [5, 5.41) is 2.42. The third-order valence-corrected chi connectivity index (χ3v) is 7.98. The first-order valence-electron chi connectivity index (χ1n) is 9.21. The summed E-state index contributed by atoms with van der Waals surface area (Å²) in [5.41, 5.74) is 2.38. The molecule has 0 saturated heterocycles. The number of ether oxygens (including phenoxy) is 1. The summed E-state index contributed by atoms with van der Waals surface area (Å²) < 4.78 is 67.8. The molecule has 0 bridgehead atoms. The van der Waals surface area contributed by atoms with Gasteiger partial charge in [-0.3, -0.25) is 18.9 Å². The molecule has 1 aliphatic rings. The Kier molecular flexibility index (Phi) is 6.10. The van der Waals surface area contributed by atoms with Crippen molar-refractivity contribution in [2.45, 2.75) is 30.6 Å². The van der Waals surface area contributed by atoms with Gasteiger partial charge in [0.15, 0.2) is 5.54 Å². The molecule has 32 heavy (non-hydrogen) atoms. The molecule has 1 amide bonds. The Balaban J connectivity index is 2.03. The number of benzene rings is 1. The molecule has 2 heterocycles. The van der Waals surface area contributed by atoms with Crippen LogP contribution >= 0.6 is 10.6 Å². The van der Waals surface area contributed by atoms with E-state index in [1.807, 2.05) is 0 Å². The number of nitrogens with two attached hydrogens (primary N) is 1. The number of amidine groups is 1. The Hall–Kier alpha value is -2.90. The van der Waals surface area contributed by atoms with Crippen LogP contribution < -0.4 is 15.8 Å². The monoisotopic (exact) mass is 473 g/mol. The first kappa shape index (κ1) is 23.8. The predicted octanol–water partition coefficient (Wildman–Crippen LogP) is 3.24. The number of alkyl halides is 2. The van der Waals surface area contributed by atoms with Crippen LogP contribution in [0, 0.1) is 5.82 Å². The number of hydrogen-bond donors (Lipinski definition) is 4. The van der Waals surface area contributed by atoms with Crippen LogP contribution in [0.3, 0.4) is 0 Å². The van der Waals surface area contributed by atoms with Crippen LogP contribution in [0.5, 0.6) is 5.88 Å². The summed E-state index contributed by atoms with van der Waals surface area (Å²) in [6.45, 7) is 2.72. The van der Waals surface area contributed by atoms with E-state index in [1.54, 1.807) is 0 Å². The summed E-state index contributed by atoms with van der Waals surface area (Å²) in [4.78, 5) is 24.0. The molecule has 0 saturated carbocycles. The van der Waals surface area contributed by atoms with E-state index in [1.165, 1.54) is 27.2 Å². The molecule has 1 atom stereocenters. The fourth-order valence-corrected chi connectivity index (χ4v) is 4.77. The summed E-state index contributed by atoms with van der Waals surface area (Å²) in [5.74, 6) is -3.01. The molecule has 3 rings (SSSR count). The molecular weight excluding hydrogens is 451 g/mol. The van der Waals surface area contributed by atoms with Crippen molar-refractivity contribution in [3.05, 3.63) is 47.7 Å². The molecule has 0 aliphatic carbocycles. The molecule has 174 valence electrons. The van der Waals surface area contributed by atoms with Gasteiger partial charge in [0.25, 0.3) is 12.3 Å². The Morgan fingerprint density at radius 2 is 1.97 bits per heavy atom. The van der Waals surface area contributed by atoms with Crippen molar-refractivity contribution in [2.75, 3.05) is 18.2 Å². The van der Waals surface area contributed by atoms with Crippen molar-refractivity contribution in [3.8, 4) is 5.88 Å². The van der Waals surface area contributed by atoms with Crippen molar-refractivity contribution < 1.29 is 31.8 Å². The lowest BCUT2D eigenvalue weighted by atomic mass is 9.91. The summed E-state index contributed by atoms with van der Waals surface area (Å²) in [6.07, 6.45) is -0.970. The van der Waals surface area contributed by atoms with Crippen LogP contribution in [-0.4, -0.2) is 54.9 Å². The second kappa shape index (κ2) is 8.22. The first-order chi connectivity index (χ1) is 14.8. The van der Waals surface area contributed by atoms with Gasteiger partial charge in [-0.1, -0.05) is 0 Å². The van der Waals surface area contributed by atoms with Gasteiger partial charge in [0.2, 0.25) is 5.88 Å². The molecule has 2 aromatic rings. The maximum absolute atomic E-state index is 14.7. The molecule has 0 spiro atoms. The molecule has 0 fully saturated rings. The van der Waals surface area contributed by atoms with Crippen LogP contribution in [0.4, 0.5) is 18.9 Å². The van der Waals surface area contributed by atoms with Crippen molar-refractivity contribution in [1.29, 1.82) is 0 Å². The number of hydrogen-bond acceptors (Lipinski definition) is 8. The maximum atomic E-state index is 14.7. The summed E-state index contributed by atoms with van der Waals surface area (Å²) in [7, 11) is -2.36. The van der Waals surface area contributed by atoms with Gasteiger partial charge < -0.3 is 15.8 Å². The standard InChI is InChI=1S/C19H22F3N5O4S/c1-18(2)17(23)27-19(16(21)22,9-32(18,29)30)11-6-10(4-5-12(11)20)26-15(28)13-7-25-14(31-3)8-24-13/h4-8,16,29-30H,9H2,1-3H3,(H2,23,27)(H,26,28)/t19-/m1/s1. The minimum absolute atomic E-state index is 0.0425. The molecule has 1 aromatic carbocycles. The zero-order valence-corrected chi connectivity index (χ0v) is 18.2. The number of rotatable bonds is 5. The zero-order chi connectivity index (χ0) is 23.9. The molecule has 0 radical (unpaired) electrons. The average molecular weight is 473 g/mol. The zero-order valence-electron chi connectivity index (χ0n) is 17.3. The molecular formula is C19H22F3N5O4S. The number of carbonyl (C=O) groups is 1. The molecule has 0 unspecified atom stereocenters. The van der Waals surface area contributed by atoms with E-state index in [0.29, 0.717) is 0 Å². The van der Waals surface area contributed by atoms with Gasteiger partial charge in [-0.15, -0.1) is 0 Å². The molecule has 9 nitrogen and oxygen atoms in total. The number of nitrogens with zero attached hydrogens (tertiary/aromatic N) is 3. The Morgan fingerprint density at radius 3 is 2.50 bits per heavy atom. The summed E-state index contributed by atoms with van der Waals surface area (Å²) in [6, 6.07) is 2.98. The first-order valence-corrected chi connectivity index (χ1v) is 10.9. The van der Waals surface area contributed by atoms with E-state index in [4.69, 9.17) is 10.5 Å². The lowest BCUT2D eigenvalue weighted by Crippen LogP contribution is -2.55. The highest BCUT2D eigenvalue weighted by Gasteiger charge is 2.56. The SMILES string of the molecule is COc1cnc(C(=O)Nc2ccc(F)c([C@@]3(C(F)F)CS(O)(O)C(C)(C)C(N)=N3)c2)cn1. The van der Waals surface area contributed by atoms with E-state index in [-0.39, 0.29) is 17.3 Å². The van der Waals surface area contributed by atoms with Crippen molar-refractivity contribution in [2.24, 2.45) is 10.7 Å². The van der Waals surface area contributed by atoms with E-state index in [9.17, 15) is 27.1 Å². The number of halogens is 3. The fourth-order valence-electron chi connectivity index (χ4n) is 3.07. The Labute approximate surface area is 183 Å². The van der Waals surface area contributed by atoms with E-state index < -0.39 is 56.2 Å². The number of amides is 1. The summed E-state index contributed by atoms with van der Waals surface area (Å²) >= 11 is 0. The molecule has 1 aromatic heterocycles. The second-order valence-corrected chi connectivity index (χ2v) is 10.3. The van der Waals surface area contributed by atoms with Gasteiger partial charge in [-0.05, 0) is 32.0 Å². The number of nitrogens with one attached hydrogen (secondary N) is 1. The van der Waals surface area contributed by atoms with Crippen molar-refractivity contribution in [3.63, 3.8) is 0 Å². The van der Waals surface area contributed by atoms with Gasteiger partial charge in [0.1, 0.15) is 22.1 Å². The van der Waals surface area contributed by atoms with Gasteiger partial charge in [-0.25, -0.2) is 23.1 Å². The number of carbonyl (C=O) groups excluding carboxylic acids is 1. The molecule has 13 heteroatoms. The number of aliphatic imine (C=N–C) groups is 1. The lowest BCUT2D eigenvalue weighted by molar-refractivity contribution is 0.0608. The quantitative estimate of drug-likeness (QED) is 0.522. The van der Waals surface area contributed by atoms with Crippen molar-refractivity contribution in [1.82, 2.24) is 9.97 Å². The van der Waals surface area contributed by atoms with Gasteiger partial charge >= 0.3 is 0 Å². The fraction of sp³-hybridized carbons (Fsp3) is 0.368. The topological polar surface area (TPSA) is 143 Å². The highest BCUT2D eigenvalue weighted by atomic mass is 32.3. The largest absolute Gasteiger partial charge is 0.480 e. The highest BCUT2D eigenvalue weighted by molar-refractivity contribution is 8.26. The van der Waals surface area contributed by atoms with Crippen molar-refractivity contribution >= 4 is 28.0 Å². The van der Waals surface area contributed by atoms with Crippen LogP contribution in [0.2, 0.25) is 0 Å². The number of methoxy groups -OCH3 is 1. The second-order valence-electron chi connectivity index (χ2n) is 7.64. The van der Waals surface area contributed by atoms with Crippen LogP contribution in [0.1, 0.15) is 29.9 Å². The highest BCUT2D eigenvalue weighted by Crippen LogP contribution is 2.60. The molecule has 5 N–H and O–H groups in total. The maximum Gasteiger partial charge on any atom is 0.275 e. The van der Waals surface area contributed by atoms with Crippen LogP contribution in [0.15, 0.2) is 35.6 Å². The van der Waals surface area contributed by atoms with Gasteiger partial charge in [0, 0.05) is 11.3 Å². The van der Waals surface area contributed by atoms with Crippen LogP contribution in [-0.2, 0) is 5.54 Å². The minimum Gasteiger partial charge on any atom is -0.480 e. The molecule has 1 aliphatic heterocycles. The Morgan fingerprint density at radius 1 is 1.28 bits per heavy atom. The van der Waals surface area contributed by atoms with Crippen LogP contribution in [0.25, 0.3) is 0 Å². The smallest absolute Gasteiger partial charge is 0.275 e. The minimum atomic E-state index is -3.73. The number of anilines is 1. The lowest BCUT2D eigenvalue weighted by Gasteiger charge is -2.53. The Bertz CT molecular complexity index is 1070. The third kappa shape index (κ3) is 3.98. The third-order valence-electron chi connectivity index (χ3n) is 5.30. The van der Waals surface area contributed by atoms with E-state index in [2.05, 4.69) is 20.3 Å². The van der Waals surface area contributed by atoms with E-state index in [0.717, 1.165) is 24.4 Å². The van der Waals surface area contributed by atoms with E-state index >= 15 is 0 Å². The van der Waals surface area contributed by atoms with Gasteiger partial charge in [-0.2, -0.15) is 10.6 Å². The average Bonchev–Trinajstić information content (AvgIpc) is 2.73. The number of aromatic nitrogens is 2.